The number of hydrogen-bond acceptors (Lipinski definition) is 3. The van der Waals surface area contributed by atoms with Crippen molar-refractivity contribution in [2.45, 2.75) is 18.2 Å². The Morgan fingerprint density at radius 2 is 2.04 bits per heavy atom. The number of benzene rings is 2. The maximum Gasteiger partial charge on any atom is 0.250 e. The molecule has 3 aromatic rings. The minimum atomic E-state index is -0.617. The highest BCUT2D eigenvalue weighted by atomic mass is 19.1. The number of aromatic nitrogens is 2. The zero-order valence-corrected chi connectivity index (χ0v) is 14.6. The van der Waals surface area contributed by atoms with Crippen LogP contribution in [0.15, 0.2) is 42.5 Å². The molecule has 1 aliphatic rings. The van der Waals surface area contributed by atoms with Gasteiger partial charge in [-0.25, -0.2) is 4.68 Å². The number of primary amides is 1. The van der Waals surface area contributed by atoms with Crippen LogP contribution in [0.2, 0.25) is 0 Å². The van der Waals surface area contributed by atoms with E-state index in [0.29, 0.717) is 5.69 Å². The van der Waals surface area contributed by atoms with E-state index in [4.69, 9.17) is 5.73 Å². The van der Waals surface area contributed by atoms with Crippen LogP contribution >= 0.6 is 0 Å². The van der Waals surface area contributed by atoms with Crippen molar-refractivity contribution in [3.63, 3.8) is 0 Å². The summed E-state index contributed by atoms with van der Waals surface area (Å²) in [6.45, 7) is 2.00. The van der Waals surface area contributed by atoms with Gasteiger partial charge in [-0.05, 0) is 61.1 Å². The number of halogens is 1. The van der Waals surface area contributed by atoms with Crippen LogP contribution in [0.25, 0.3) is 16.6 Å². The van der Waals surface area contributed by atoms with Crippen molar-refractivity contribution in [1.82, 2.24) is 15.1 Å². The summed E-state index contributed by atoms with van der Waals surface area (Å²) in [7, 11) is 2.25. The summed E-state index contributed by atoms with van der Waals surface area (Å²) in [5, 5.41) is 8.11. The van der Waals surface area contributed by atoms with E-state index in [1.807, 2.05) is 24.3 Å². The van der Waals surface area contributed by atoms with Gasteiger partial charge in [0.1, 0.15) is 13.4 Å². The first-order valence-electron chi connectivity index (χ1n) is 8.78. The van der Waals surface area contributed by atoms with E-state index >= 15 is 0 Å². The fraction of sp³-hybridized carbons (Fsp3) is 0.263. The first-order valence-corrected chi connectivity index (χ1v) is 8.78. The van der Waals surface area contributed by atoms with E-state index in [1.165, 1.54) is 10.2 Å². The molecule has 1 atom stereocenters. The average molecular weight is 350 g/mol. The summed E-state index contributed by atoms with van der Waals surface area (Å²) >= 11 is 0. The Labute approximate surface area is 151 Å². The number of carbonyl (C=O) groups excluding carboxylic acids is 1. The molecule has 26 heavy (non-hydrogen) atoms. The molecule has 1 fully saturated rings. The van der Waals surface area contributed by atoms with Crippen molar-refractivity contribution >= 4 is 24.7 Å². The van der Waals surface area contributed by atoms with Gasteiger partial charge in [0.15, 0.2) is 0 Å². The molecule has 3 N–H and O–H groups in total. The lowest BCUT2D eigenvalue weighted by molar-refractivity contribution is 0.100. The minimum Gasteiger partial charge on any atom is -0.366 e. The fourth-order valence-electron chi connectivity index (χ4n) is 3.75. The molecule has 0 spiro atoms. The van der Waals surface area contributed by atoms with Gasteiger partial charge in [0.05, 0.1) is 16.6 Å². The molecule has 2 aromatic carbocycles. The molecule has 0 unspecified atom stereocenters. The Morgan fingerprint density at radius 3 is 2.69 bits per heavy atom. The molecule has 2 heterocycles. The molecule has 1 amide bonds. The number of amides is 1. The topological polar surface area (TPSA) is 72.9 Å². The Morgan fingerprint density at radius 1 is 1.27 bits per heavy atom. The van der Waals surface area contributed by atoms with Crippen LogP contribution in [0.4, 0.5) is 4.39 Å². The van der Waals surface area contributed by atoms with Gasteiger partial charge in [0, 0.05) is 0 Å². The van der Waals surface area contributed by atoms with Crippen LogP contribution < -0.4 is 11.1 Å². The molecular weight excluding hydrogens is 330 g/mol. The molecule has 0 aliphatic carbocycles. The standard InChI is InChI=1S/C19H20BFN4O/c20-19(9-2-10-23-11-19)12-5-7-13(8-6-12)25-17(21)14-3-1-4-15(18(22)26)16(14)24-25/h1,3-8,23H,2,9-11,20H2,(H2,22,26)/t19-/m0/s1. The van der Waals surface area contributed by atoms with Crippen molar-refractivity contribution in [3.05, 3.63) is 59.5 Å². The van der Waals surface area contributed by atoms with Crippen LogP contribution in [0.5, 0.6) is 0 Å². The highest BCUT2D eigenvalue weighted by molar-refractivity contribution is 6.16. The van der Waals surface area contributed by atoms with Crippen LogP contribution in [0, 0.1) is 5.95 Å². The van der Waals surface area contributed by atoms with E-state index < -0.39 is 11.9 Å². The van der Waals surface area contributed by atoms with E-state index in [1.54, 1.807) is 18.2 Å². The third-order valence-corrected chi connectivity index (χ3v) is 5.32. The average Bonchev–Trinajstić information content (AvgIpc) is 2.99. The lowest BCUT2D eigenvalue weighted by Crippen LogP contribution is -2.43. The number of hydrogen-bond donors (Lipinski definition) is 2. The monoisotopic (exact) mass is 350 g/mol. The van der Waals surface area contributed by atoms with E-state index in [-0.39, 0.29) is 21.8 Å². The lowest BCUT2D eigenvalue weighted by atomic mass is 9.60. The first kappa shape index (κ1) is 16.8. The molecule has 1 saturated heterocycles. The SMILES string of the molecule is B[C@@]1(c2ccc(-n3nc4c(C(N)=O)cccc4c3F)cc2)CCCNC1. The van der Waals surface area contributed by atoms with Crippen molar-refractivity contribution in [2.75, 3.05) is 13.1 Å². The second kappa shape index (κ2) is 6.25. The number of carbonyl (C=O) groups is 1. The molecule has 1 aromatic heterocycles. The van der Waals surface area contributed by atoms with Gasteiger partial charge in [-0.1, -0.05) is 18.2 Å². The van der Waals surface area contributed by atoms with E-state index in [2.05, 4.69) is 18.3 Å². The van der Waals surface area contributed by atoms with Gasteiger partial charge in [-0.2, -0.15) is 9.49 Å². The van der Waals surface area contributed by atoms with Crippen LogP contribution in [0.3, 0.4) is 0 Å². The van der Waals surface area contributed by atoms with Crippen LogP contribution in [-0.2, 0) is 5.31 Å². The Hall–Kier alpha value is -2.67. The predicted octanol–water partition coefficient (Wildman–Crippen LogP) is 1.48. The number of nitrogens with one attached hydrogen (secondary N) is 1. The molecule has 1 aliphatic heterocycles. The number of rotatable bonds is 3. The smallest absolute Gasteiger partial charge is 0.250 e. The largest absolute Gasteiger partial charge is 0.366 e. The van der Waals surface area contributed by atoms with Crippen molar-refractivity contribution in [2.24, 2.45) is 5.73 Å². The maximum atomic E-state index is 14.8. The summed E-state index contributed by atoms with van der Waals surface area (Å²) in [4.78, 5) is 11.6. The van der Waals surface area contributed by atoms with Crippen molar-refractivity contribution < 1.29 is 9.18 Å². The van der Waals surface area contributed by atoms with Crippen LogP contribution in [-0.4, -0.2) is 36.6 Å². The van der Waals surface area contributed by atoms with Gasteiger partial charge in [0.25, 0.3) is 5.91 Å². The zero-order valence-electron chi connectivity index (χ0n) is 14.6. The lowest BCUT2D eigenvalue weighted by Gasteiger charge is -2.35. The second-order valence-electron chi connectivity index (χ2n) is 7.16. The number of piperidine rings is 1. The summed E-state index contributed by atoms with van der Waals surface area (Å²) in [5.41, 5.74) is 7.72. The van der Waals surface area contributed by atoms with Gasteiger partial charge in [-0.3, -0.25) is 4.79 Å². The number of nitrogens with zero attached hydrogens (tertiary/aromatic N) is 2. The molecule has 0 saturated carbocycles. The predicted molar refractivity (Wildman–Crippen MR) is 102 cm³/mol. The second-order valence-corrected chi connectivity index (χ2v) is 7.16. The van der Waals surface area contributed by atoms with Crippen LogP contribution in [0.1, 0.15) is 28.8 Å². The molecule has 7 heteroatoms. The summed E-state index contributed by atoms with van der Waals surface area (Å²) in [6.07, 6.45) is 2.27. The third-order valence-electron chi connectivity index (χ3n) is 5.32. The molecular formula is C19H20BFN4O. The van der Waals surface area contributed by atoms with Crippen molar-refractivity contribution in [3.8, 4) is 5.69 Å². The zero-order chi connectivity index (χ0) is 18.3. The maximum absolute atomic E-state index is 14.8. The quantitative estimate of drug-likeness (QED) is 0.703. The Kier molecular flexibility index (Phi) is 4.03. The van der Waals surface area contributed by atoms with Gasteiger partial charge >= 0.3 is 0 Å². The molecule has 0 bridgehead atoms. The molecule has 4 rings (SSSR count). The number of nitrogens with two attached hydrogens (primary N) is 1. The highest BCUT2D eigenvalue weighted by Gasteiger charge is 2.28. The number of fused-ring (bicyclic) bond motifs is 1. The van der Waals surface area contributed by atoms with E-state index in [0.717, 1.165) is 25.9 Å². The molecule has 0 radical (unpaired) electrons. The molecule has 5 nitrogen and oxygen atoms in total. The first-order chi connectivity index (χ1) is 12.5. The summed E-state index contributed by atoms with van der Waals surface area (Å²) < 4.78 is 16.1. The van der Waals surface area contributed by atoms with Gasteiger partial charge < -0.3 is 11.1 Å². The van der Waals surface area contributed by atoms with Crippen molar-refractivity contribution in [1.29, 1.82) is 0 Å². The Balaban J connectivity index is 1.75. The minimum absolute atomic E-state index is 0.0866. The third kappa shape index (κ3) is 2.68. The Bertz CT molecular complexity index is 977. The van der Waals surface area contributed by atoms with Gasteiger partial charge in [-0.15, -0.1) is 0 Å². The highest BCUT2D eigenvalue weighted by Crippen LogP contribution is 2.29. The molecule has 132 valence electrons. The summed E-state index contributed by atoms with van der Waals surface area (Å²) in [5.74, 6) is -1.12. The fourth-order valence-corrected chi connectivity index (χ4v) is 3.75. The normalized spacial score (nSPS) is 20.3. The van der Waals surface area contributed by atoms with Gasteiger partial charge in [0.2, 0.25) is 5.95 Å². The van der Waals surface area contributed by atoms with E-state index in [9.17, 15) is 9.18 Å². The summed E-state index contributed by atoms with van der Waals surface area (Å²) in [6, 6.07) is 12.6.